The average Bonchev–Trinajstić information content (AvgIpc) is 3.16. The summed E-state index contributed by atoms with van der Waals surface area (Å²) < 4.78 is 0. The number of fused-ring (bicyclic) bond motifs is 2. The molecule has 1 aromatic heterocycles. The van der Waals surface area contributed by atoms with Crippen LogP contribution in [0.15, 0.2) is 74.8 Å². The third kappa shape index (κ3) is 7.13. The Kier molecular flexibility index (Phi) is 11.1. The van der Waals surface area contributed by atoms with Gasteiger partial charge in [-0.1, -0.05) is 146 Å². The second-order valence-electron chi connectivity index (χ2n) is 15.5. The van der Waals surface area contributed by atoms with Gasteiger partial charge in [0.15, 0.2) is 0 Å². The summed E-state index contributed by atoms with van der Waals surface area (Å²) in [6, 6.07) is 18.4. The van der Waals surface area contributed by atoms with E-state index in [9.17, 15) is 5.11 Å². The lowest BCUT2D eigenvalue weighted by Gasteiger charge is -2.41. The Labute approximate surface area is 326 Å². The summed E-state index contributed by atoms with van der Waals surface area (Å²) in [6.45, 7) is 25.8. The van der Waals surface area contributed by atoms with Crippen molar-refractivity contribution in [3.8, 4) is 6.01 Å². The lowest BCUT2D eigenvalue weighted by Crippen LogP contribution is -2.34. The van der Waals surface area contributed by atoms with Gasteiger partial charge in [0.2, 0.25) is 11.9 Å². The lowest BCUT2D eigenvalue weighted by molar-refractivity contribution is 0.332. The molecule has 284 valence electrons. The van der Waals surface area contributed by atoms with Gasteiger partial charge in [-0.3, -0.25) is 0 Å². The number of hydrogen-bond donors (Lipinski definition) is 3. The molecule has 5 aromatic carbocycles. The number of aromatic hydroxyl groups is 1. The summed E-state index contributed by atoms with van der Waals surface area (Å²) in [7, 11) is 0. The fraction of sp³-hybridized carbons (Fsp3) is 0.354. The molecule has 0 bridgehead atoms. The van der Waals surface area contributed by atoms with Gasteiger partial charge < -0.3 is 21.1 Å². The molecule has 0 radical (unpaired) electrons. The van der Waals surface area contributed by atoms with Crippen LogP contribution in [0.1, 0.15) is 120 Å². The van der Waals surface area contributed by atoms with Crippen LogP contribution in [0.3, 0.4) is 0 Å². The van der Waals surface area contributed by atoms with E-state index in [1.165, 1.54) is 118 Å². The Bertz CT molecular complexity index is 2340. The monoisotopic (exact) mass is 732 g/mol. The van der Waals surface area contributed by atoms with Crippen LogP contribution < -0.4 is 11.1 Å². The van der Waals surface area contributed by atoms with Crippen molar-refractivity contribution in [2.45, 2.75) is 104 Å². The Balaban J connectivity index is 1.28. The largest absolute Gasteiger partial charge is 0.479 e. The van der Waals surface area contributed by atoms with Gasteiger partial charge in [-0.2, -0.15) is 15.0 Å². The normalized spacial score (nSPS) is 13.0. The quantitative estimate of drug-likeness (QED) is 0.0459. The van der Waals surface area contributed by atoms with E-state index in [0.717, 1.165) is 46.5 Å². The minimum Gasteiger partial charge on any atom is -0.479 e. The maximum absolute atomic E-state index is 9.70. The summed E-state index contributed by atoms with van der Waals surface area (Å²) in [6.07, 6.45) is 14.0. The number of nitrogen functional groups attached to an aromatic ring is 1. The highest BCUT2D eigenvalue weighted by Gasteiger charge is 2.31. The Hall–Kier alpha value is -5.43. The van der Waals surface area contributed by atoms with Crippen molar-refractivity contribution in [3.63, 3.8) is 0 Å². The Morgan fingerprint density at radius 3 is 1.78 bits per heavy atom. The molecule has 1 aliphatic rings. The first-order valence-electron chi connectivity index (χ1n) is 20.3. The molecule has 0 unspecified atom stereocenters. The second-order valence-corrected chi connectivity index (χ2v) is 15.5. The molecule has 1 aliphatic heterocycles. The summed E-state index contributed by atoms with van der Waals surface area (Å²) in [4.78, 5) is 14.1. The predicted octanol–water partition coefficient (Wildman–Crippen LogP) is 12.7. The van der Waals surface area contributed by atoms with Crippen molar-refractivity contribution in [2.75, 3.05) is 17.6 Å². The number of nitrogens with two attached hydrogens (primary N) is 1. The van der Waals surface area contributed by atoms with Gasteiger partial charge in [-0.05, 0) is 87.0 Å². The molecule has 0 aliphatic carbocycles. The highest BCUT2D eigenvalue weighted by Crippen LogP contribution is 2.50. The number of anilines is 2. The zero-order valence-corrected chi connectivity index (χ0v) is 33.0. The van der Waals surface area contributed by atoms with E-state index in [2.05, 4.69) is 108 Å². The average molecular weight is 733 g/mol. The number of hydrogen-bond acceptors (Lipinski definition) is 7. The van der Waals surface area contributed by atoms with Gasteiger partial charge in [0, 0.05) is 40.5 Å². The molecular weight excluding hydrogens is 677 g/mol. The van der Waals surface area contributed by atoms with Crippen LogP contribution in [0, 0.1) is 0 Å². The molecule has 0 amide bonds. The number of nitrogens with zero attached hydrogens (tertiary/aromatic N) is 4. The van der Waals surface area contributed by atoms with Gasteiger partial charge in [0.25, 0.3) is 0 Å². The second kappa shape index (κ2) is 16.1. The third-order valence-corrected chi connectivity index (χ3v) is 11.7. The predicted molar refractivity (Wildman–Crippen MR) is 236 cm³/mol. The number of unbranched alkanes of at least 4 members (excludes halogenated alkanes) is 6. The first-order valence-corrected chi connectivity index (χ1v) is 20.3. The van der Waals surface area contributed by atoms with Crippen LogP contribution in [0.2, 0.25) is 0 Å². The summed E-state index contributed by atoms with van der Waals surface area (Å²) in [5.41, 5.74) is 14.6. The van der Waals surface area contributed by atoms with E-state index in [1.54, 1.807) is 0 Å². The van der Waals surface area contributed by atoms with Gasteiger partial charge in [0.1, 0.15) is 0 Å². The SMILES string of the molecule is C=C(C)c1ccc2c3ccc4c5c(ccc(c6ccc(C(=C)CCCNc7nc(N)nc(O)n7)c1c26)c53)C(=C)N(C(CCCCCC)CCCCCC)C4=C. The van der Waals surface area contributed by atoms with E-state index in [-0.39, 0.29) is 11.9 Å². The molecule has 0 saturated heterocycles. The van der Waals surface area contributed by atoms with Crippen molar-refractivity contribution in [1.29, 1.82) is 0 Å². The van der Waals surface area contributed by atoms with Crippen molar-refractivity contribution in [1.82, 2.24) is 19.9 Å². The van der Waals surface area contributed by atoms with E-state index in [0.29, 0.717) is 12.6 Å². The fourth-order valence-electron chi connectivity index (χ4n) is 9.00. The number of nitrogens with one attached hydrogen (secondary N) is 1. The fourth-order valence-corrected chi connectivity index (χ4v) is 9.00. The van der Waals surface area contributed by atoms with Crippen LogP contribution in [-0.4, -0.2) is 37.5 Å². The topological polar surface area (TPSA) is 100 Å². The standard InChI is InChI=1S/C48H56N6O/c1-8-10-12-14-18-33(19-15-13-11-9-2)54-31(6)36-22-26-40-38-24-20-34(29(3)4)42-35(30(5)17-16-28-50-47-51-46(49)52-48(55)53-47)21-25-39(44(38)42)41-27-23-37(32(54)7)43(36)45(40)41/h20-27,33H,3,5-19,28H2,1-2,4H3,(H4,49,50,51,52,53,55). The molecule has 6 aromatic rings. The van der Waals surface area contributed by atoms with Crippen LogP contribution in [-0.2, 0) is 0 Å². The molecule has 0 spiro atoms. The molecule has 7 heteroatoms. The minimum atomic E-state index is -0.399. The number of benzene rings is 5. The molecule has 55 heavy (non-hydrogen) atoms. The molecule has 0 saturated carbocycles. The molecular formula is C48H56N6O. The van der Waals surface area contributed by atoms with E-state index < -0.39 is 6.01 Å². The number of aromatic nitrogens is 3. The number of allylic oxidation sites excluding steroid dienone is 2. The minimum absolute atomic E-state index is 0.0239. The zero-order chi connectivity index (χ0) is 38.8. The Morgan fingerprint density at radius 2 is 1.24 bits per heavy atom. The summed E-state index contributed by atoms with van der Waals surface area (Å²) >= 11 is 0. The zero-order valence-electron chi connectivity index (χ0n) is 33.0. The lowest BCUT2D eigenvalue weighted by atomic mass is 9.80. The molecule has 7 rings (SSSR count). The van der Waals surface area contributed by atoms with Gasteiger partial charge in [-0.25, -0.2) is 0 Å². The third-order valence-electron chi connectivity index (χ3n) is 11.7. The number of rotatable bonds is 18. The molecule has 4 N–H and O–H groups in total. The van der Waals surface area contributed by atoms with Crippen molar-refractivity contribution in [2.24, 2.45) is 0 Å². The summed E-state index contributed by atoms with van der Waals surface area (Å²) in [5, 5.41) is 22.8. The molecule has 2 heterocycles. The van der Waals surface area contributed by atoms with E-state index in [4.69, 9.17) is 18.9 Å². The maximum Gasteiger partial charge on any atom is 0.320 e. The molecule has 7 nitrogen and oxygen atoms in total. The van der Waals surface area contributed by atoms with Crippen molar-refractivity contribution in [3.05, 3.63) is 97.1 Å². The van der Waals surface area contributed by atoms with Crippen molar-refractivity contribution < 1.29 is 5.11 Å². The van der Waals surface area contributed by atoms with E-state index >= 15 is 0 Å². The highest BCUT2D eigenvalue weighted by molar-refractivity contribution is 6.36. The van der Waals surface area contributed by atoms with Crippen LogP contribution in [0.25, 0.3) is 65.6 Å². The van der Waals surface area contributed by atoms with E-state index in [1.807, 2.05) is 0 Å². The molecule has 0 fully saturated rings. The van der Waals surface area contributed by atoms with Gasteiger partial charge in [-0.15, -0.1) is 0 Å². The molecule has 0 atom stereocenters. The first kappa shape index (κ1) is 37.9. The van der Waals surface area contributed by atoms with Crippen LogP contribution in [0.5, 0.6) is 6.01 Å². The van der Waals surface area contributed by atoms with Crippen LogP contribution in [0.4, 0.5) is 11.9 Å². The maximum atomic E-state index is 9.70. The van der Waals surface area contributed by atoms with Crippen LogP contribution >= 0.6 is 0 Å². The Morgan fingerprint density at radius 1 is 0.691 bits per heavy atom. The first-order chi connectivity index (χ1) is 26.6. The van der Waals surface area contributed by atoms with Gasteiger partial charge in [0.05, 0.1) is 0 Å². The van der Waals surface area contributed by atoms with Crippen molar-refractivity contribution >= 4 is 77.5 Å². The highest BCUT2D eigenvalue weighted by atomic mass is 16.3. The smallest absolute Gasteiger partial charge is 0.320 e. The summed E-state index contributed by atoms with van der Waals surface area (Å²) in [5.74, 6) is 0.231. The van der Waals surface area contributed by atoms with Gasteiger partial charge >= 0.3 is 6.01 Å².